The summed E-state index contributed by atoms with van der Waals surface area (Å²) < 4.78 is 10.5. The third kappa shape index (κ3) is 3.80. The Kier molecular flexibility index (Phi) is 5.20. The van der Waals surface area contributed by atoms with E-state index in [2.05, 4.69) is 15.1 Å². The first-order valence-corrected chi connectivity index (χ1v) is 7.55. The molecule has 7 nitrogen and oxygen atoms in total. The molecule has 0 unspecified atom stereocenters. The Labute approximate surface area is 134 Å². The largest absolute Gasteiger partial charge is 0.507 e. The van der Waals surface area contributed by atoms with Crippen molar-refractivity contribution in [2.75, 3.05) is 18.0 Å². The van der Waals surface area contributed by atoms with Crippen LogP contribution < -0.4 is 4.90 Å². The fraction of sp³-hybridized carbons (Fsp3) is 0.438. The van der Waals surface area contributed by atoms with E-state index in [0.717, 1.165) is 18.8 Å². The molecule has 23 heavy (non-hydrogen) atoms. The Morgan fingerprint density at radius 1 is 1.35 bits per heavy atom. The van der Waals surface area contributed by atoms with Crippen molar-refractivity contribution >= 4 is 11.7 Å². The van der Waals surface area contributed by atoms with Crippen molar-refractivity contribution in [3.05, 3.63) is 35.5 Å². The number of hydrogen-bond acceptors (Lipinski definition) is 7. The Bertz CT molecular complexity index is 680. The standard InChI is InChI=1S/C16H21N3O4/c1-5-19(6-2)12-7-8-13(14(20)9-12)16(21)22-10(3)15-18-17-11(4)23-15/h7-10,20H,5-6H2,1-4H3/t10-/m1/s1. The third-order valence-electron chi connectivity index (χ3n) is 3.50. The number of benzene rings is 1. The second-order valence-electron chi connectivity index (χ2n) is 5.08. The average molecular weight is 319 g/mol. The summed E-state index contributed by atoms with van der Waals surface area (Å²) in [6.07, 6.45) is -0.689. The summed E-state index contributed by atoms with van der Waals surface area (Å²) >= 11 is 0. The maximum absolute atomic E-state index is 12.2. The molecule has 0 aliphatic carbocycles. The molecular weight excluding hydrogens is 298 g/mol. The van der Waals surface area contributed by atoms with Gasteiger partial charge in [-0.25, -0.2) is 4.79 Å². The van der Waals surface area contributed by atoms with Crippen LogP contribution in [0.2, 0.25) is 0 Å². The van der Waals surface area contributed by atoms with E-state index in [1.54, 1.807) is 32.0 Å². The van der Waals surface area contributed by atoms with Gasteiger partial charge in [0.2, 0.25) is 5.89 Å². The number of rotatable bonds is 6. The normalized spacial score (nSPS) is 12.0. The number of aromatic nitrogens is 2. The lowest BCUT2D eigenvalue weighted by Crippen LogP contribution is -2.21. The van der Waals surface area contributed by atoms with E-state index < -0.39 is 12.1 Å². The zero-order valence-electron chi connectivity index (χ0n) is 13.7. The van der Waals surface area contributed by atoms with Crippen molar-refractivity contribution in [2.45, 2.75) is 33.8 Å². The maximum atomic E-state index is 12.2. The van der Waals surface area contributed by atoms with Crippen molar-refractivity contribution < 1.29 is 19.1 Å². The number of nitrogens with zero attached hydrogens (tertiary/aromatic N) is 3. The summed E-state index contributed by atoms with van der Waals surface area (Å²) in [6.45, 7) is 8.96. The molecule has 124 valence electrons. The molecule has 1 aromatic carbocycles. The molecule has 0 saturated heterocycles. The van der Waals surface area contributed by atoms with Crippen LogP contribution in [-0.2, 0) is 4.74 Å². The molecule has 1 heterocycles. The van der Waals surface area contributed by atoms with Crippen LogP contribution in [0.25, 0.3) is 0 Å². The maximum Gasteiger partial charge on any atom is 0.342 e. The first-order chi connectivity index (χ1) is 11.0. The number of hydrogen-bond donors (Lipinski definition) is 1. The molecule has 1 aromatic heterocycles. The summed E-state index contributed by atoms with van der Waals surface area (Å²) in [7, 11) is 0. The number of aromatic hydroxyl groups is 1. The number of phenolic OH excluding ortho intramolecular Hbond substituents is 1. The third-order valence-corrected chi connectivity index (χ3v) is 3.50. The zero-order valence-corrected chi connectivity index (χ0v) is 13.7. The van der Waals surface area contributed by atoms with Gasteiger partial charge in [0, 0.05) is 31.8 Å². The zero-order chi connectivity index (χ0) is 17.0. The lowest BCUT2D eigenvalue weighted by molar-refractivity contribution is 0.0274. The van der Waals surface area contributed by atoms with Gasteiger partial charge in [-0.3, -0.25) is 0 Å². The topological polar surface area (TPSA) is 88.7 Å². The van der Waals surface area contributed by atoms with Gasteiger partial charge in [0.15, 0.2) is 6.10 Å². The van der Waals surface area contributed by atoms with Crippen molar-refractivity contribution in [1.82, 2.24) is 10.2 Å². The molecule has 0 aliphatic rings. The molecule has 0 radical (unpaired) electrons. The van der Waals surface area contributed by atoms with Gasteiger partial charge in [-0.05, 0) is 32.9 Å². The van der Waals surface area contributed by atoms with E-state index in [1.165, 1.54) is 0 Å². The summed E-state index contributed by atoms with van der Waals surface area (Å²) in [5.41, 5.74) is 0.952. The van der Waals surface area contributed by atoms with Gasteiger partial charge in [-0.15, -0.1) is 10.2 Å². The summed E-state index contributed by atoms with van der Waals surface area (Å²) in [5, 5.41) is 17.6. The van der Waals surface area contributed by atoms with Crippen LogP contribution in [0.15, 0.2) is 22.6 Å². The van der Waals surface area contributed by atoms with Gasteiger partial charge >= 0.3 is 5.97 Å². The number of anilines is 1. The molecule has 0 saturated carbocycles. The van der Waals surface area contributed by atoms with Crippen LogP contribution in [0.1, 0.15) is 49.0 Å². The molecular formula is C16H21N3O4. The number of carbonyl (C=O) groups excluding carboxylic acids is 1. The SMILES string of the molecule is CCN(CC)c1ccc(C(=O)O[C@H](C)c2nnc(C)o2)c(O)c1. The molecule has 2 rings (SSSR count). The monoisotopic (exact) mass is 319 g/mol. The number of carbonyl (C=O) groups is 1. The smallest absolute Gasteiger partial charge is 0.342 e. The van der Waals surface area contributed by atoms with Crippen LogP contribution >= 0.6 is 0 Å². The lowest BCUT2D eigenvalue weighted by Gasteiger charge is -2.21. The molecule has 0 bridgehead atoms. The van der Waals surface area contributed by atoms with E-state index in [1.807, 2.05) is 13.8 Å². The van der Waals surface area contributed by atoms with Gasteiger partial charge in [-0.2, -0.15) is 0 Å². The first-order valence-electron chi connectivity index (χ1n) is 7.55. The summed E-state index contributed by atoms with van der Waals surface area (Å²) in [4.78, 5) is 14.3. The van der Waals surface area contributed by atoms with Crippen molar-refractivity contribution in [2.24, 2.45) is 0 Å². The number of esters is 1. The van der Waals surface area contributed by atoms with E-state index in [-0.39, 0.29) is 17.2 Å². The van der Waals surface area contributed by atoms with E-state index >= 15 is 0 Å². The molecule has 2 aromatic rings. The minimum atomic E-state index is -0.689. The number of ether oxygens (including phenoxy) is 1. The van der Waals surface area contributed by atoms with Crippen LogP contribution in [0.5, 0.6) is 5.75 Å². The molecule has 0 aliphatic heterocycles. The van der Waals surface area contributed by atoms with Crippen molar-refractivity contribution in [3.63, 3.8) is 0 Å². The predicted molar refractivity (Wildman–Crippen MR) is 84.5 cm³/mol. The Morgan fingerprint density at radius 3 is 2.57 bits per heavy atom. The van der Waals surface area contributed by atoms with Crippen molar-refractivity contribution in [1.29, 1.82) is 0 Å². The molecule has 0 spiro atoms. The minimum absolute atomic E-state index is 0.101. The van der Waals surface area contributed by atoms with Gasteiger partial charge in [0.1, 0.15) is 11.3 Å². The quantitative estimate of drug-likeness (QED) is 0.819. The highest BCUT2D eigenvalue weighted by atomic mass is 16.6. The van der Waals surface area contributed by atoms with Gasteiger partial charge in [0.25, 0.3) is 5.89 Å². The molecule has 0 fully saturated rings. The van der Waals surface area contributed by atoms with E-state index in [4.69, 9.17) is 9.15 Å². The highest BCUT2D eigenvalue weighted by molar-refractivity contribution is 5.93. The van der Waals surface area contributed by atoms with E-state index in [0.29, 0.717) is 5.89 Å². The van der Waals surface area contributed by atoms with Gasteiger partial charge in [-0.1, -0.05) is 0 Å². The van der Waals surface area contributed by atoms with Crippen LogP contribution in [0.3, 0.4) is 0 Å². The Morgan fingerprint density at radius 2 is 2.04 bits per heavy atom. The second-order valence-corrected chi connectivity index (χ2v) is 5.08. The molecule has 1 N–H and O–H groups in total. The van der Waals surface area contributed by atoms with E-state index in [9.17, 15) is 9.90 Å². The van der Waals surface area contributed by atoms with Crippen LogP contribution in [0.4, 0.5) is 5.69 Å². The molecule has 0 amide bonds. The predicted octanol–water partition coefficient (Wildman–Crippen LogP) is 2.85. The minimum Gasteiger partial charge on any atom is -0.507 e. The summed E-state index contributed by atoms with van der Waals surface area (Å²) in [6, 6.07) is 4.90. The molecule has 1 atom stereocenters. The summed E-state index contributed by atoms with van der Waals surface area (Å²) in [5.74, 6) is -0.144. The van der Waals surface area contributed by atoms with Gasteiger partial charge in [0.05, 0.1) is 0 Å². The molecule has 7 heteroatoms. The number of phenols is 1. The number of aryl methyl sites for hydroxylation is 1. The fourth-order valence-electron chi connectivity index (χ4n) is 2.23. The Hall–Kier alpha value is -2.57. The van der Waals surface area contributed by atoms with Crippen LogP contribution in [0, 0.1) is 6.92 Å². The van der Waals surface area contributed by atoms with Crippen LogP contribution in [-0.4, -0.2) is 34.4 Å². The first kappa shape index (κ1) is 16.8. The fourth-order valence-corrected chi connectivity index (χ4v) is 2.23. The van der Waals surface area contributed by atoms with Gasteiger partial charge < -0.3 is 19.2 Å². The Balaban J connectivity index is 2.13. The highest BCUT2D eigenvalue weighted by Gasteiger charge is 2.21. The lowest BCUT2D eigenvalue weighted by atomic mass is 10.1. The highest BCUT2D eigenvalue weighted by Crippen LogP contribution is 2.27. The average Bonchev–Trinajstić information content (AvgIpc) is 2.95. The van der Waals surface area contributed by atoms with Crippen molar-refractivity contribution in [3.8, 4) is 5.75 Å². The second kappa shape index (κ2) is 7.13.